The second kappa shape index (κ2) is 7.04. The molecule has 3 aromatic rings. The van der Waals surface area contributed by atoms with Crippen molar-refractivity contribution in [1.29, 1.82) is 0 Å². The van der Waals surface area contributed by atoms with E-state index >= 15 is 0 Å². The molecule has 6 heteroatoms. The zero-order chi connectivity index (χ0) is 16.9. The Morgan fingerprint density at radius 2 is 1.92 bits per heavy atom. The quantitative estimate of drug-likeness (QED) is 0.781. The summed E-state index contributed by atoms with van der Waals surface area (Å²) in [7, 11) is 0. The number of aromatic nitrogens is 3. The summed E-state index contributed by atoms with van der Waals surface area (Å²) in [5.41, 5.74) is 2.82. The van der Waals surface area contributed by atoms with Crippen LogP contribution in [0.1, 0.15) is 35.9 Å². The van der Waals surface area contributed by atoms with Gasteiger partial charge in [0.05, 0.1) is 17.8 Å². The summed E-state index contributed by atoms with van der Waals surface area (Å²) in [5, 5.41) is 11.2. The Hall–Kier alpha value is -3.02. The smallest absolute Gasteiger partial charge is 0.273 e. The van der Waals surface area contributed by atoms with E-state index in [1.54, 1.807) is 0 Å². The van der Waals surface area contributed by atoms with E-state index in [2.05, 4.69) is 20.5 Å². The lowest BCUT2D eigenvalue weighted by atomic mass is 10.1. The van der Waals surface area contributed by atoms with E-state index in [0.29, 0.717) is 12.3 Å². The fraction of sp³-hybridized carbons (Fsp3) is 0.222. The zero-order valence-corrected chi connectivity index (χ0v) is 13.6. The molecule has 24 heavy (non-hydrogen) atoms. The van der Waals surface area contributed by atoms with Gasteiger partial charge in [-0.15, -0.1) is 0 Å². The molecule has 0 unspecified atom stereocenters. The molecule has 0 saturated heterocycles. The minimum absolute atomic E-state index is 0.0500. The van der Waals surface area contributed by atoms with Crippen molar-refractivity contribution in [2.45, 2.75) is 26.3 Å². The molecular weight excluding hydrogens is 304 g/mol. The molecule has 3 rings (SSSR count). The molecule has 2 aromatic heterocycles. The van der Waals surface area contributed by atoms with Crippen LogP contribution in [0, 0.1) is 0 Å². The van der Waals surface area contributed by atoms with Crippen molar-refractivity contribution < 1.29 is 9.21 Å². The molecule has 1 amide bonds. The van der Waals surface area contributed by atoms with Crippen molar-refractivity contribution in [1.82, 2.24) is 20.5 Å². The topological polar surface area (TPSA) is 80.9 Å². The molecule has 0 atom stereocenters. The molecule has 0 bridgehead atoms. The summed E-state index contributed by atoms with van der Waals surface area (Å²) < 4.78 is 5.35. The Labute approximate surface area is 140 Å². The molecule has 2 heterocycles. The van der Waals surface area contributed by atoms with Gasteiger partial charge in [-0.3, -0.25) is 4.79 Å². The molecule has 0 aliphatic heterocycles. The van der Waals surface area contributed by atoms with Crippen LogP contribution in [0.5, 0.6) is 0 Å². The largest absolute Gasteiger partial charge is 0.448 e. The molecule has 1 aromatic carbocycles. The average molecular weight is 322 g/mol. The highest BCUT2D eigenvalue weighted by Gasteiger charge is 2.13. The SMILES string of the molecule is CC(C)NC(=O)c1coc(Cc2ccc(-c3ccccc3)nn2)n1. The number of amides is 1. The van der Waals surface area contributed by atoms with E-state index in [0.717, 1.165) is 17.0 Å². The van der Waals surface area contributed by atoms with Gasteiger partial charge in [-0.2, -0.15) is 10.2 Å². The Balaban J connectivity index is 1.68. The van der Waals surface area contributed by atoms with Gasteiger partial charge in [-0.1, -0.05) is 30.3 Å². The summed E-state index contributed by atoms with van der Waals surface area (Å²) in [6.07, 6.45) is 1.75. The summed E-state index contributed by atoms with van der Waals surface area (Å²) in [6.45, 7) is 3.78. The average Bonchev–Trinajstić information content (AvgIpc) is 3.04. The highest BCUT2D eigenvalue weighted by Crippen LogP contribution is 2.16. The van der Waals surface area contributed by atoms with Crippen LogP contribution in [-0.2, 0) is 6.42 Å². The maximum atomic E-state index is 11.9. The monoisotopic (exact) mass is 322 g/mol. The fourth-order valence-corrected chi connectivity index (χ4v) is 2.20. The third-order valence-electron chi connectivity index (χ3n) is 3.33. The molecule has 1 N–H and O–H groups in total. The van der Waals surface area contributed by atoms with Gasteiger partial charge in [0.2, 0.25) is 5.89 Å². The van der Waals surface area contributed by atoms with Gasteiger partial charge in [0.1, 0.15) is 6.26 Å². The first-order chi connectivity index (χ1) is 11.6. The first-order valence-electron chi connectivity index (χ1n) is 7.75. The molecule has 0 aliphatic rings. The Bertz CT molecular complexity index is 811. The Morgan fingerprint density at radius 1 is 1.12 bits per heavy atom. The number of benzene rings is 1. The standard InChI is InChI=1S/C18H18N4O2/c1-12(2)19-18(23)16-11-24-17(20-16)10-14-8-9-15(22-21-14)13-6-4-3-5-7-13/h3-9,11-12H,10H2,1-2H3,(H,19,23). The van der Waals surface area contributed by atoms with Crippen molar-refractivity contribution >= 4 is 5.91 Å². The van der Waals surface area contributed by atoms with Crippen molar-refractivity contribution in [3.05, 3.63) is 66.0 Å². The summed E-state index contributed by atoms with van der Waals surface area (Å²) in [6, 6.07) is 13.7. The van der Waals surface area contributed by atoms with E-state index < -0.39 is 0 Å². The number of carbonyl (C=O) groups is 1. The molecule has 6 nitrogen and oxygen atoms in total. The minimum Gasteiger partial charge on any atom is -0.448 e. The lowest BCUT2D eigenvalue weighted by Crippen LogP contribution is -2.30. The molecule has 0 spiro atoms. The van der Waals surface area contributed by atoms with Crippen LogP contribution >= 0.6 is 0 Å². The van der Waals surface area contributed by atoms with E-state index in [1.165, 1.54) is 6.26 Å². The van der Waals surface area contributed by atoms with Gasteiger partial charge in [0.15, 0.2) is 5.69 Å². The summed E-state index contributed by atoms with van der Waals surface area (Å²) >= 11 is 0. The summed E-state index contributed by atoms with van der Waals surface area (Å²) in [4.78, 5) is 16.1. The number of hydrogen-bond donors (Lipinski definition) is 1. The molecule has 122 valence electrons. The summed E-state index contributed by atoms with van der Waals surface area (Å²) in [5.74, 6) is 0.191. The zero-order valence-electron chi connectivity index (χ0n) is 13.6. The number of nitrogens with one attached hydrogen (secondary N) is 1. The van der Waals surface area contributed by atoms with E-state index in [-0.39, 0.29) is 17.6 Å². The lowest BCUT2D eigenvalue weighted by molar-refractivity contribution is 0.0938. The Kier molecular flexibility index (Phi) is 4.65. The lowest BCUT2D eigenvalue weighted by Gasteiger charge is -2.04. The Morgan fingerprint density at radius 3 is 2.58 bits per heavy atom. The number of carbonyl (C=O) groups excluding carboxylic acids is 1. The van der Waals surface area contributed by atoms with E-state index in [9.17, 15) is 4.79 Å². The maximum absolute atomic E-state index is 11.9. The molecule has 0 radical (unpaired) electrons. The van der Waals surface area contributed by atoms with Crippen LogP contribution in [-0.4, -0.2) is 27.1 Å². The first kappa shape index (κ1) is 15.9. The number of rotatable bonds is 5. The number of nitrogens with zero attached hydrogens (tertiary/aromatic N) is 3. The van der Waals surface area contributed by atoms with Crippen LogP contribution in [0.3, 0.4) is 0 Å². The minimum atomic E-state index is -0.245. The number of oxazole rings is 1. The van der Waals surface area contributed by atoms with Crippen molar-refractivity contribution in [2.24, 2.45) is 0 Å². The maximum Gasteiger partial charge on any atom is 0.273 e. The molecule has 0 saturated carbocycles. The predicted octanol–water partition coefficient (Wildman–Crippen LogP) is 2.86. The van der Waals surface area contributed by atoms with Crippen molar-refractivity contribution in [3.8, 4) is 11.3 Å². The van der Waals surface area contributed by atoms with E-state index in [1.807, 2.05) is 56.3 Å². The second-order valence-corrected chi connectivity index (χ2v) is 5.71. The normalized spacial score (nSPS) is 10.8. The van der Waals surface area contributed by atoms with Gasteiger partial charge in [-0.25, -0.2) is 4.98 Å². The van der Waals surface area contributed by atoms with Gasteiger partial charge < -0.3 is 9.73 Å². The van der Waals surface area contributed by atoms with Crippen LogP contribution < -0.4 is 5.32 Å². The fourth-order valence-electron chi connectivity index (χ4n) is 2.20. The molecule has 0 fully saturated rings. The second-order valence-electron chi connectivity index (χ2n) is 5.71. The third-order valence-corrected chi connectivity index (χ3v) is 3.33. The van der Waals surface area contributed by atoms with Gasteiger partial charge in [0.25, 0.3) is 5.91 Å². The highest BCUT2D eigenvalue weighted by atomic mass is 16.3. The van der Waals surface area contributed by atoms with Gasteiger partial charge in [-0.05, 0) is 26.0 Å². The van der Waals surface area contributed by atoms with Gasteiger partial charge >= 0.3 is 0 Å². The van der Waals surface area contributed by atoms with Crippen LogP contribution in [0.25, 0.3) is 11.3 Å². The predicted molar refractivity (Wildman–Crippen MR) is 89.4 cm³/mol. The van der Waals surface area contributed by atoms with E-state index in [4.69, 9.17) is 4.42 Å². The van der Waals surface area contributed by atoms with Crippen LogP contribution in [0.2, 0.25) is 0 Å². The molecule has 0 aliphatic carbocycles. The van der Waals surface area contributed by atoms with Crippen molar-refractivity contribution in [2.75, 3.05) is 0 Å². The highest BCUT2D eigenvalue weighted by molar-refractivity contribution is 5.92. The molecular formula is C18H18N4O2. The van der Waals surface area contributed by atoms with Crippen molar-refractivity contribution in [3.63, 3.8) is 0 Å². The van der Waals surface area contributed by atoms with Gasteiger partial charge in [0, 0.05) is 11.6 Å². The van der Waals surface area contributed by atoms with Crippen LogP contribution in [0.4, 0.5) is 0 Å². The third kappa shape index (κ3) is 3.84. The van der Waals surface area contributed by atoms with Crippen LogP contribution in [0.15, 0.2) is 53.1 Å². The first-order valence-corrected chi connectivity index (χ1v) is 7.75. The number of hydrogen-bond acceptors (Lipinski definition) is 5.